The highest BCUT2D eigenvalue weighted by molar-refractivity contribution is 5.89. The molecule has 0 spiro atoms. The lowest BCUT2D eigenvalue weighted by molar-refractivity contribution is -0.117. The number of rotatable bonds is 6. The van der Waals surface area contributed by atoms with Gasteiger partial charge in [-0.1, -0.05) is 48.5 Å². The van der Waals surface area contributed by atoms with E-state index in [1.807, 2.05) is 36.4 Å². The van der Waals surface area contributed by atoms with Crippen molar-refractivity contribution in [3.8, 4) is 0 Å². The Bertz CT molecular complexity index is 924. The molecule has 0 aliphatic carbocycles. The summed E-state index contributed by atoms with van der Waals surface area (Å²) < 4.78 is 0. The lowest BCUT2D eigenvalue weighted by Gasteiger charge is -2.06. The molecule has 0 aliphatic heterocycles. The summed E-state index contributed by atoms with van der Waals surface area (Å²) in [4.78, 5) is 28.7. The van der Waals surface area contributed by atoms with Gasteiger partial charge in [0, 0.05) is 0 Å². The van der Waals surface area contributed by atoms with Gasteiger partial charge in [0.25, 0.3) is 5.91 Å². The van der Waals surface area contributed by atoms with Gasteiger partial charge in [-0.2, -0.15) is 0 Å². The number of benzene rings is 3. The van der Waals surface area contributed by atoms with Crippen LogP contribution in [0, 0.1) is 0 Å². The standard InChI is InChI=1S/C21H17N3O3/c25-20(15-16-7-3-1-4-8-16)23-22-18-11-13-19(14-12-18)24-27-21(26)17-9-5-2-6-10-17/h1-14,24H,15H2. The van der Waals surface area contributed by atoms with Gasteiger partial charge in [0.05, 0.1) is 23.4 Å². The Balaban J connectivity index is 1.51. The minimum Gasteiger partial charge on any atom is -0.338 e. The predicted molar refractivity (Wildman–Crippen MR) is 102 cm³/mol. The number of carbonyl (C=O) groups excluding carboxylic acids is 2. The van der Waals surface area contributed by atoms with Gasteiger partial charge in [-0.15, -0.1) is 10.2 Å². The van der Waals surface area contributed by atoms with E-state index in [2.05, 4.69) is 15.7 Å². The molecule has 134 valence electrons. The molecule has 0 saturated heterocycles. The molecule has 1 amide bonds. The van der Waals surface area contributed by atoms with Gasteiger partial charge in [-0.05, 0) is 42.0 Å². The lowest BCUT2D eigenvalue weighted by Crippen LogP contribution is -2.10. The van der Waals surface area contributed by atoms with E-state index in [1.165, 1.54) is 0 Å². The largest absolute Gasteiger partial charge is 0.362 e. The molecule has 0 radical (unpaired) electrons. The molecule has 0 aromatic heterocycles. The molecule has 3 rings (SSSR count). The number of azo groups is 1. The Kier molecular flexibility index (Phi) is 6.04. The fourth-order valence-corrected chi connectivity index (χ4v) is 2.25. The summed E-state index contributed by atoms with van der Waals surface area (Å²) in [5, 5.41) is 7.64. The number of nitrogens with zero attached hydrogens (tertiary/aromatic N) is 2. The highest BCUT2D eigenvalue weighted by Gasteiger charge is 2.06. The predicted octanol–water partition coefficient (Wildman–Crippen LogP) is 4.72. The maximum atomic E-state index is 11.9. The smallest absolute Gasteiger partial charge is 0.338 e. The van der Waals surface area contributed by atoms with Crippen LogP contribution in [0.15, 0.2) is 95.2 Å². The summed E-state index contributed by atoms with van der Waals surface area (Å²) in [6, 6.07) is 24.7. The molecule has 0 heterocycles. The molecule has 6 heteroatoms. The van der Waals surface area contributed by atoms with E-state index >= 15 is 0 Å². The number of hydrogen-bond acceptors (Lipinski definition) is 5. The van der Waals surface area contributed by atoms with Gasteiger partial charge in [0.2, 0.25) is 0 Å². The van der Waals surface area contributed by atoms with E-state index in [9.17, 15) is 9.59 Å². The Morgan fingerprint density at radius 1 is 0.815 bits per heavy atom. The summed E-state index contributed by atoms with van der Waals surface area (Å²) in [6.45, 7) is 0. The van der Waals surface area contributed by atoms with Gasteiger partial charge >= 0.3 is 5.97 Å². The van der Waals surface area contributed by atoms with Crippen molar-refractivity contribution in [3.63, 3.8) is 0 Å². The SMILES string of the molecule is O=C(Cc1ccccc1)N=Nc1ccc(NOC(=O)c2ccccc2)cc1. The van der Waals surface area contributed by atoms with Crippen LogP contribution in [-0.4, -0.2) is 11.9 Å². The summed E-state index contributed by atoms with van der Waals surface area (Å²) in [5.74, 6) is -0.800. The van der Waals surface area contributed by atoms with Crippen molar-refractivity contribution in [2.75, 3.05) is 5.48 Å². The Labute approximate surface area is 156 Å². The van der Waals surface area contributed by atoms with Gasteiger partial charge in [-0.3, -0.25) is 4.79 Å². The first-order valence-corrected chi connectivity index (χ1v) is 8.31. The quantitative estimate of drug-likeness (QED) is 0.510. The van der Waals surface area contributed by atoms with Gasteiger partial charge in [0.15, 0.2) is 0 Å². The van der Waals surface area contributed by atoms with Gasteiger partial charge < -0.3 is 4.84 Å². The second-order valence-electron chi connectivity index (χ2n) is 5.66. The first-order chi connectivity index (χ1) is 13.2. The maximum absolute atomic E-state index is 11.9. The molecule has 3 aromatic rings. The summed E-state index contributed by atoms with van der Waals surface area (Å²) in [6.07, 6.45) is 0.208. The minimum absolute atomic E-state index is 0.208. The number of carbonyl (C=O) groups is 2. The average Bonchev–Trinajstić information content (AvgIpc) is 2.72. The van der Waals surface area contributed by atoms with Crippen LogP contribution < -0.4 is 5.48 Å². The Morgan fingerprint density at radius 3 is 2.11 bits per heavy atom. The summed E-state index contributed by atoms with van der Waals surface area (Å²) in [5.41, 5.74) is 5.02. The maximum Gasteiger partial charge on any atom is 0.362 e. The molecular formula is C21H17N3O3. The van der Waals surface area contributed by atoms with E-state index in [4.69, 9.17) is 4.84 Å². The lowest BCUT2D eigenvalue weighted by atomic mass is 10.1. The van der Waals surface area contributed by atoms with Crippen molar-refractivity contribution in [2.24, 2.45) is 10.2 Å². The first kappa shape index (κ1) is 18.0. The Hall–Kier alpha value is -3.80. The highest BCUT2D eigenvalue weighted by atomic mass is 16.7. The van der Waals surface area contributed by atoms with Crippen LogP contribution in [0.5, 0.6) is 0 Å². The zero-order valence-electron chi connectivity index (χ0n) is 14.4. The van der Waals surface area contributed by atoms with Crippen molar-refractivity contribution < 1.29 is 14.4 Å². The normalized spacial score (nSPS) is 10.5. The van der Waals surface area contributed by atoms with E-state index in [0.29, 0.717) is 16.9 Å². The first-order valence-electron chi connectivity index (χ1n) is 8.31. The highest BCUT2D eigenvalue weighted by Crippen LogP contribution is 2.17. The summed E-state index contributed by atoms with van der Waals surface area (Å²) >= 11 is 0. The zero-order valence-corrected chi connectivity index (χ0v) is 14.4. The summed E-state index contributed by atoms with van der Waals surface area (Å²) in [7, 11) is 0. The van der Waals surface area contributed by atoms with Crippen LogP contribution in [0.25, 0.3) is 0 Å². The molecule has 3 aromatic carbocycles. The fourth-order valence-electron chi connectivity index (χ4n) is 2.25. The molecule has 0 unspecified atom stereocenters. The number of hydrogen-bond donors (Lipinski definition) is 1. The zero-order chi connectivity index (χ0) is 18.9. The van der Waals surface area contributed by atoms with Crippen LogP contribution in [0.3, 0.4) is 0 Å². The van der Waals surface area contributed by atoms with Gasteiger partial charge in [-0.25, -0.2) is 10.3 Å². The van der Waals surface area contributed by atoms with E-state index < -0.39 is 5.97 Å². The van der Waals surface area contributed by atoms with Gasteiger partial charge in [0.1, 0.15) is 0 Å². The molecule has 0 saturated carbocycles. The van der Waals surface area contributed by atoms with Crippen LogP contribution in [-0.2, 0) is 16.1 Å². The van der Waals surface area contributed by atoms with Crippen molar-refractivity contribution in [1.29, 1.82) is 0 Å². The van der Waals surface area contributed by atoms with E-state index in [0.717, 1.165) is 5.56 Å². The molecule has 0 fully saturated rings. The second kappa shape index (κ2) is 9.05. The molecule has 27 heavy (non-hydrogen) atoms. The van der Waals surface area contributed by atoms with Crippen LogP contribution in [0.1, 0.15) is 15.9 Å². The average molecular weight is 359 g/mol. The molecule has 0 aliphatic rings. The van der Waals surface area contributed by atoms with Crippen LogP contribution in [0.2, 0.25) is 0 Å². The van der Waals surface area contributed by atoms with Crippen molar-refractivity contribution in [1.82, 2.24) is 0 Å². The van der Waals surface area contributed by atoms with E-state index in [1.54, 1.807) is 48.5 Å². The minimum atomic E-state index is -0.481. The number of nitrogens with one attached hydrogen (secondary N) is 1. The molecule has 6 nitrogen and oxygen atoms in total. The number of amides is 1. The number of anilines is 1. The second-order valence-corrected chi connectivity index (χ2v) is 5.66. The molecule has 1 N–H and O–H groups in total. The van der Waals surface area contributed by atoms with Crippen molar-refractivity contribution >= 4 is 23.3 Å². The third-order valence-corrected chi connectivity index (χ3v) is 3.61. The molecular weight excluding hydrogens is 342 g/mol. The third kappa shape index (κ3) is 5.61. The molecule has 0 atom stereocenters. The Morgan fingerprint density at radius 2 is 1.44 bits per heavy atom. The van der Waals surface area contributed by atoms with E-state index in [-0.39, 0.29) is 12.3 Å². The topological polar surface area (TPSA) is 80.1 Å². The fraction of sp³-hybridized carbons (Fsp3) is 0.0476. The van der Waals surface area contributed by atoms with Crippen molar-refractivity contribution in [2.45, 2.75) is 6.42 Å². The monoisotopic (exact) mass is 359 g/mol. The van der Waals surface area contributed by atoms with Crippen LogP contribution >= 0.6 is 0 Å². The third-order valence-electron chi connectivity index (χ3n) is 3.61. The van der Waals surface area contributed by atoms with Crippen LogP contribution in [0.4, 0.5) is 11.4 Å². The van der Waals surface area contributed by atoms with Crippen molar-refractivity contribution in [3.05, 3.63) is 96.1 Å². The molecule has 0 bridgehead atoms.